The van der Waals surface area contributed by atoms with Gasteiger partial charge in [0.25, 0.3) is 0 Å². The molecule has 2 nitrogen and oxygen atoms in total. The molecule has 0 aromatic heterocycles. The van der Waals surface area contributed by atoms with Gasteiger partial charge in [0.05, 0.1) is 5.60 Å². The highest BCUT2D eigenvalue weighted by molar-refractivity contribution is 5.07. The fourth-order valence-corrected chi connectivity index (χ4v) is 3.70. The summed E-state index contributed by atoms with van der Waals surface area (Å²) in [5.74, 6) is 1.52. The quantitative estimate of drug-likeness (QED) is 0.736. The molecule has 2 aliphatic rings. The summed E-state index contributed by atoms with van der Waals surface area (Å²) in [6.07, 6.45) is 6.70. The molecule has 2 rings (SSSR count). The van der Waals surface area contributed by atoms with Gasteiger partial charge in [-0.2, -0.15) is 0 Å². The van der Waals surface area contributed by atoms with E-state index in [9.17, 15) is 5.11 Å². The Morgan fingerprint density at radius 1 is 1.13 bits per heavy atom. The molecule has 15 heavy (non-hydrogen) atoms. The minimum atomic E-state index is -0.429. The van der Waals surface area contributed by atoms with Crippen LogP contribution in [0.15, 0.2) is 0 Å². The third-order valence-corrected chi connectivity index (χ3v) is 4.98. The minimum absolute atomic E-state index is 0.0476. The topological polar surface area (TPSA) is 46.2 Å². The zero-order valence-electron chi connectivity index (χ0n) is 10.1. The van der Waals surface area contributed by atoms with E-state index in [2.05, 4.69) is 13.8 Å². The first-order valence-electron chi connectivity index (χ1n) is 6.44. The molecule has 2 aliphatic carbocycles. The Bertz CT molecular complexity index is 225. The number of rotatable bonds is 2. The van der Waals surface area contributed by atoms with Gasteiger partial charge in [0, 0.05) is 12.0 Å². The predicted molar refractivity (Wildman–Crippen MR) is 62.5 cm³/mol. The van der Waals surface area contributed by atoms with Gasteiger partial charge >= 0.3 is 0 Å². The van der Waals surface area contributed by atoms with Gasteiger partial charge in [-0.3, -0.25) is 0 Å². The van der Waals surface area contributed by atoms with Crippen LogP contribution in [0.4, 0.5) is 0 Å². The van der Waals surface area contributed by atoms with Gasteiger partial charge < -0.3 is 10.8 Å². The molecule has 2 fully saturated rings. The van der Waals surface area contributed by atoms with E-state index in [0.29, 0.717) is 12.5 Å². The van der Waals surface area contributed by atoms with Crippen molar-refractivity contribution < 1.29 is 5.11 Å². The predicted octanol–water partition coefficient (Wildman–Crippen LogP) is 2.30. The Morgan fingerprint density at radius 3 is 2.07 bits per heavy atom. The Hall–Kier alpha value is -0.0800. The number of hydrogen-bond donors (Lipinski definition) is 2. The Kier molecular flexibility index (Phi) is 2.85. The maximum atomic E-state index is 10.7. The van der Waals surface area contributed by atoms with E-state index in [0.717, 1.165) is 31.6 Å². The van der Waals surface area contributed by atoms with Crippen LogP contribution < -0.4 is 5.73 Å². The number of aliphatic hydroxyl groups is 1. The first kappa shape index (κ1) is 11.4. The highest BCUT2D eigenvalue weighted by Gasteiger charge is 2.55. The largest absolute Gasteiger partial charge is 0.389 e. The normalized spacial score (nSPS) is 51.2. The molecule has 88 valence electrons. The van der Waals surface area contributed by atoms with E-state index in [1.165, 1.54) is 12.8 Å². The second-order valence-electron chi connectivity index (χ2n) is 6.21. The second-order valence-corrected chi connectivity index (χ2v) is 6.21. The van der Waals surface area contributed by atoms with Crippen molar-refractivity contribution in [2.24, 2.45) is 23.0 Å². The molecule has 3 N–H and O–H groups in total. The van der Waals surface area contributed by atoms with Crippen molar-refractivity contribution in [1.82, 2.24) is 0 Å². The highest BCUT2D eigenvalue weighted by Crippen LogP contribution is 2.55. The van der Waals surface area contributed by atoms with Gasteiger partial charge in [0.15, 0.2) is 0 Å². The van der Waals surface area contributed by atoms with E-state index < -0.39 is 5.60 Å². The molecule has 0 radical (unpaired) electrons. The van der Waals surface area contributed by atoms with Crippen LogP contribution in [-0.4, -0.2) is 17.3 Å². The van der Waals surface area contributed by atoms with E-state index in [1.54, 1.807) is 0 Å². The Balaban J connectivity index is 2.09. The van der Waals surface area contributed by atoms with Crippen molar-refractivity contribution in [2.45, 2.75) is 58.0 Å². The lowest BCUT2D eigenvalue weighted by Crippen LogP contribution is -2.60. The molecule has 2 heteroatoms. The summed E-state index contributed by atoms with van der Waals surface area (Å²) >= 11 is 0. The van der Waals surface area contributed by atoms with Gasteiger partial charge in [-0.05, 0) is 37.5 Å². The Morgan fingerprint density at radius 2 is 1.67 bits per heavy atom. The summed E-state index contributed by atoms with van der Waals surface area (Å²) in [4.78, 5) is 0. The average Bonchev–Trinajstić information content (AvgIpc) is 2.17. The van der Waals surface area contributed by atoms with Gasteiger partial charge in [0.2, 0.25) is 0 Å². The third-order valence-electron chi connectivity index (χ3n) is 4.98. The fraction of sp³-hybridized carbons (Fsp3) is 1.00. The van der Waals surface area contributed by atoms with Crippen LogP contribution >= 0.6 is 0 Å². The molecule has 0 heterocycles. The smallest absolute Gasteiger partial charge is 0.0720 e. The molecular weight excluding hydrogens is 186 g/mol. The van der Waals surface area contributed by atoms with Gasteiger partial charge in [-0.25, -0.2) is 0 Å². The van der Waals surface area contributed by atoms with Crippen molar-refractivity contribution >= 4 is 0 Å². The zero-order valence-corrected chi connectivity index (χ0v) is 10.1. The van der Waals surface area contributed by atoms with Crippen LogP contribution in [0.2, 0.25) is 0 Å². The Labute approximate surface area is 93.2 Å². The molecule has 0 spiro atoms. The van der Waals surface area contributed by atoms with Gasteiger partial charge in [0.1, 0.15) is 0 Å². The molecule has 0 aliphatic heterocycles. The van der Waals surface area contributed by atoms with Crippen molar-refractivity contribution in [3.63, 3.8) is 0 Å². The monoisotopic (exact) mass is 211 g/mol. The number of nitrogens with two attached hydrogens (primary N) is 1. The van der Waals surface area contributed by atoms with Crippen LogP contribution in [-0.2, 0) is 0 Å². The lowest BCUT2D eigenvalue weighted by atomic mass is 9.52. The van der Waals surface area contributed by atoms with Gasteiger partial charge in [-0.1, -0.05) is 26.7 Å². The highest BCUT2D eigenvalue weighted by atomic mass is 16.3. The molecule has 0 saturated heterocycles. The molecule has 0 atom stereocenters. The van der Waals surface area contributed by atoms with Crippen LogP contribution in [0.25, 0.3) is 0 Å². The maximum Gasteiger partial charge on any atom is 0.0720 e. The zero-order chi connectivity index (χ0) is 11.1. The van der Waals surface area contributed by atoms with E-state index in [4.69, 9.17) is 5.73 Å². The van der Waals surface area contributed by atoms with Crippen LogP contribution in [0.3, 0.4) is 0 Å². The summed E-state index contributed by atoms with van der Waals surface area (Å²) in [6, 6.07) is 0. The summed E-state index contributed by atoms with van der Waals surface area (Å²) in [5.41, 5.74) is 5.58. The van der Waals surface area contributed by atoms with Crippen molar-refractivity contribution in [2.75, 3.05) is 6.54 Å². The lowest BCUT2D eigenvalue weighted by Gasteiger charge is -2.57. The SMILES string of the molecule is CC1CCC(CN)(C2(O)CC(C)C2)CC1. The van der Waals surface area contributed by atoms with Crippen LogP contribution in [0.1, 0.15) is 52.4 Å². The minimum Gasteiger partial charge on any atom is -0.389 e. The average molecular weight is 211 g/mol. The third kappa shape index (κ3) is 1.72. The summed E-state index contributed by atoms with van der Waals surface area (Å²) in [5, 5.41) is 10.7. The first-order valence-corrected chi connectivity index (χ1v) is 6.44. The lowest BCUT2D eigenvalue weighted by molar-refractivity contribution is -0.175. The maximum absolute atomic E-state index is 10.7. The van der Waals surface area contributed by atoms with Crippen molar-refractivity contribution in [1.29, 1.82) is 0 Å². The molecule has 0 aromatic carbocycles. The molecule has 0 unspecified atom stereocenters. The fourth-order valence-electron chi connectivity index (χ4n) is 3.70. The summed E-state index contributed by atoms with van der Waals surface area (Å²) in [6.45, 7) is 5.21. The van der Waals surface area contributed by atoms with E-state index in [1.807, 2.05) is 0 Å². The number of hydrogen-bond acceptors (Lipinski definition) is 2. The van der Waals surface area contributed by atoms with Crippen molar-refractivity contribution in [3.8, 4) is 0 Å². The van der Waals surface area contributed by atoms with Crippen LogP contribution in [0.5, 0.6) is 0 Å². The molecule has 0 amide bonds. The standard InChI is InChI=1S/C13H25NO/c1-10-3-5-12(9-14,6-4-10)13(15)7-11(2)8-13/h10-11,15H,3-9,14H2,1-2H3. The molecule has 2 saturated carbocycles. The molecule has 0 bridgehead atoms. The van der Waals surface area contributed by atoms with Crippen molar-refractivity contribution in [3.05, 3.63) is 0 Å². The summed E-state index contributed by atoms with van der Waals surface area (Å²) in [7, 11) is 0. The van der Waals surface area contributed by atoms with Crippen LogP contribution in [0, 0.1) is 17.3 Å². The second kappa shape index (κ2) is 3.74. The van der Waals surface area contributed by atoms with Gasteiger partial charge in [-0.15, -0.1) is 0 Å². The van der Waals surface area contributed by atoms with E-state index in [-0.39, 0.29) is 5.41 Å². The molecule has 0 aromatic rings. The first-order chi connectivity index (χ1) is 7.01. The molecular formula is C13H25NO. The van der Waals surface area contributed by atoms with E-state index >= 15 is 0 Å². The summed E-state index contributed by atoms with van der Waals surface area (Å²) < 4.78 is 0.